The second kappa shape index (κ2) is 9.51. The van der Waals surface area contributed by atoms with Crippen molar-refractivity contribution in [2.24, 2.45) is 5.92 Å². The molecule has 0 N–H and O–H groups in total. The highest BCUT2D eigenvalue weighted by Gasteiger charge is 2.20. The maximum Gasteiger partial charge on any atom is 0.155 e. The van der Waals surface area contributed by atoms with E-state index >= 15 is 0 Å². The molecule has 0 amide bonds. The molecular weight excluding hydrogens is 400 g/mol. The Labute approximate surface area is 188 Å². The van der Waals surface area contributed by atoms with Crippen molar-refractivity contribution in [1.29, 1.82) is 0 Å². The number of hydrogen-bond donors (Lipinski definition) is 0. The van der Waals surface area contributed by atoms with Crippen molar-refractivity contribution in [1.82, 2.24) is 19.3 Å². The molecule has 2 aromatic heterocycles. The Morgan fingerprint density at radius 2 is 2.06 bits per heavy atom. The molecule has 32 heavy (non-hydrogen) atoms. The molecule has 0 bridgehead atoms. The lowest BCUT2D eigenvalue weighted by Gasteiger charge is -2.23. The molecule has 0 unspecified atom stereocenters. The largest absolute Gasteiger partial charge is 0.496 e. The maximum absolute atomic E-state index is 5.94. The fourth-order valence-electron chi connectivity index (χ4n) is 4.47. The number of rotatable bonds is 6. The van der Waals surface area contributed by atoms with Gasteiger partial charge in [0.25, 0.3) is 0 Å². The van der Waals surface area contributed by atoms with Crippen molar-refractivity contribution in [2.45, 2.75) is 13.0 Å². The van der Waals surface area contributed by atoms with Gasteiger partial charge in [0.15, 0.2) is 5.65 Å². The Kier molecular flexibility index (Phi) is 6.14. The van der Waals surface area contributed by atoms with E-state index < -0.39 is 0 Å². The summed E-state index contributed by atoms with van der Waals surface area (Å²) in [6, 6.07) is 16.9. The molecule has 2 aromatic carbocycles. The second-order valence-corrected chi connectivity index (χ2v) is 8.35. The molecule has 3 heterocycles. The lowest BCUT2D eigenvalue weighted by molar-refractivity contribution is 0.121. The van der Waals surface area contributed by atoms with Gasteiger partial charge in [-0.25, -0.2) is 4.98 Å². The van der Waals surface area contributed by atoms with Crippen molar-refractivity contribution >= 4 is 5.65 Å². The first-order valence-electron chi connectivity index (χ1n) is 11.1. The zero-order valence-corrected chi connectivity index (χ0v) is 18.4. The normalized spacial score (nSPS) is 17.3. The van der Waals surface area contributed by atoms with Crippen molar-refractivity contribution in [3.8, 4) is 16.9 Å². The van der Waals surface area contributed by atoms with E-state index in [0.717, 1.165) is 61.9 Å². The van der Waals surface area contributed by atoms with Gasteiger partial charge in [-0.1, -0.05) is 36.4 Å². The van der Waals surface area contributed by atoms with Crippen LogP contribution in [0.3, 0.4) is 0 Å². The molecule has 0 aliphatic carbocycles. The van der Waals surface area contributed by atoms with Crippen LogP contribution in [0.2, 0.25) is 0 Å². The monoisotopic (exact) mass is 428 g/mol. The third-order valence-corrected chi connectivity index (χ3v) is 6.00. The Bertz CT molecular complexity index is 1190. The van der Waals surface area contributed by atoms with Gasteiger partial charge in [0.2, 0.25) is 0 Å². The van der Waals surface area contributed by atoms with Gasteiger partial charge in [-0.3, -0.25) is 9.88 Å². The number of hydrogen-bond acceptors (Lipinski definition) is 5. The highest BCUT2D eigenvalue weighted by molar-refractivity contribution is 5.70. The number of nitrogens with zero attached hydrogens (tertiary/aromatic N) is 4. The van der Waals surface area contributed by atoms with Gasteiger partial charge >= 0.3 is 0 Å². The molecular formula is C26H28N4O2. The third-order valence-electron chi connectivity index (χ3n) is 6.00. The van der Waals surface area contributed by atoms with Gasteiger partial charge in [0.1, 0.15) is 5.75 Å². The van der Waals surface area contributed by atoms with Crippen LogP contribution in [0.4, 0.5) is 0 Å². The third kappa shape index (κ3) is 4.66. The average Bonchev–Trinajstić information content (AvgIpc) is 3.19. The number of para-hydroxylation sites is 1. The quantitative estimate of drug-likeness (QED) is 0.463. The van der Waals surface area contributed by atoms with Crippen molar-refractivity contribution in [2.75, 3.05) is 33.4 Å². The highest BCUT2D eigenvalue weighted by Crippen LogP contribution is 2.30. The number of methoxy groups -OCH3 is 1. The first-order valence-corrected chi connectivity index (χ1v) is 11.1. The highest BCUT2D eigenvalue weighted by atomic mass is 16.5. The lowest BCUT2D eigenvalue weighted by Crippen LogP contribution is -2.30. The molecule has 6 heteroatoms. The van der Waals surface area contributed by atoms with Crippen LogP contribution in [0, 0.1) is 5.92 Å². The van der Waals surface area contributed by atoms with Crippen LogP contribution >= 0.6 is 0 Å². The Morgan fingerprint density at radius 3 is 3.00 bits per heavy atom. The van der Waals surface area contributed by atoms with Gasteiger partial charge in [0, 0.05) is 49.7 Å². The van der Waals surface area contributed by atoms with E-state index in [0.29, 0.717) is 5.92 Å². The minimum atomic E-state index is 0.406. The summed E-state index contributed by atoms with van der Waals surface area (Å²) >= 11 is 0. The Balaban J connectivity index is 1.29. The fourth-order valence-corrected chi connectivity index (χ4v) is 4.47. The van der Waals surface area contributed by atoms with Crippen molar-refractivity contribution in [3.63, 3.8) is 0 Å². The number of aromatic nitrogens is 3. The van der Waals surface area contributed by atoms with Gasteiger partial charge in [-0.15, -0.1) is 0 Å². The van der Waals surface area contributed by atoms with E-state index in [1.807, 2.05) is 28.9 Å². The van der Waals surface area contributed by atoms with E-state index in [1.165, 1.54) is 11.1 Å². The van der Waals surface area contributed by atoms with Crippen LogP contribution in [-0.2, 0) is 17.7 Å². The molecule has 1 aliphatic rings. The van der Waals surface area contributed by atoms with Crippen LogP contribution in [0.25, 0.3) is 16.8 Å². The molecule has 4 aromatic rings. The predicted octanol–water partition coefficient (Wildman–Crippen LogP) is 4.10. The molecule has 164 valence electrons. The summed E-state index contributed by atoms with van der Waals surface area (Å²) in [5.41, 5.74) is 5.55. The predicted molar refractivity (Wildman–Crippen MR) is 125 cm³/mol. The molecule has 5 rings (SSSR count). The summed E-state index contributed by atoms with van der Waals surface area (Å²) in [5.74, 6) is 1.30. The van der Waals surface area contributed by atoms with E-state index in [4.69, 9.17) is 9.47 Å². The van der Waals surface area contributed by atoms with E-state index in [-0.39, 0.29) is 0 Å². The van der Waals surface area contributed by atoms with Crippen LogP contribution in [0.1, 0.15) is 11.3 Å². The molecule has 1 atom stereocenters. The van der Waals surface area contributed by atoms with Gasteiger partial charge in [-0.2, -0.15) is 0 Å². The average molecular weight is 429 g/mol. The minimum absolute atomic E-state index is 0.406. The zero-order valence-electron chi connectivity index (χ0n) is 18.4. The van der Waals surface area contributed by atoms with Crippen LogP contribution in [0.15, 0.2) is 73.3 Å². The molecule has 1 saturated heterocycles. The standard InChI is InChI=1S/C26H28N4O2/c1-31-25-8-3-2-7-24(25)22-6-4-5-20(13-22)16-29-11-12-32-19-21(17-29)14-23-18-30-10-9-27-26(30)15-28-23/h2-10,13,15,18,21H,11-12,14,16-17,19H2,1H3/t21-/m0/s1. The number of imidazole rings is 1. The summed E-state index contributed by atoms with van der Waals surface area (Å²) in [6.07, 6.45) is 8.58. The van der Waals surface area contributed by atoms with E-state index in [9.17, 15) is 0 Å². The van der Waals surface area contributed by atoms with E-state index in [2.05, 4.69) is 57.5 Å². The maximum atomic E-state index is 5.94. The number of ether oxygens (including phenoxy) is 2. The topological polar surface area (TPSA) is 51.9 Å². The zero-order chi connectivity index (χ0) is 21.8. The lowest BCUT2D eigenvalue weighted by atomic mass is 10.0. The van der Waals surface area contributed by atoms with Crippen LogP contribution in [0.5, 0.6) is 5.75 Å². The number of fused-ring (bicyclic) bond motifs is 1. The summed E-state index contributed by atoms with van der Waals surface area (Å²) < 4.78 is 13.5. The fraction of sp³-hybridized carbons (Fsp3) is 0.308. The van der Waals surface area contributed by atoms with Crippen molar-refractivity contribution in [3.05, 3.63) is 84.6 Å². The van der Waals surface area contributed by atoms with Crippen LogP contribution < -0.4 is 4.74 Å². The summed E-state index contributed by atoms with van der Waals surface area (Å²) in [5, 5.41) is 0. The molecule has 0 saturated carbocycles. The SMILES string of the molecule is COc1ccccc1-c1cccc(CN2CCOC[C@@H](Cc3cn4ccnc4cn3)C2)c1. The molecule has 1 fully saturated rings. The first-order chi connectivity index (χ1) is 15.8. The van der Waals surface area contributed by atoms with E-state index in [1.54, 1.807) is 13.3 Å². The van der Waals surface area contributed by atoms with Gasteiger partial charge < -0.3 is 13.9 Å². The molecule has 0 spiro atoms. The Hall–Kier alpha value is -3.22. The van der Waals surface area contributed by atoms with Gasteiger partial charge in [0.05, 0.1) is 32.2 Å². The number of benzene rings is 2. The molecule has 0 radical (unpaired) electrons. The van der Waals surface area contributed by atoms with Gasteiger partial charge in [-0.05, 0) is 29.7 Å². The minimum Gasteiger partial charge on any atom is -0.496 e. The molecule has 6 nitrogen and oxygen atoms in total. The second-order valence-electron chi connectivity index (χ2n) is 8.35. The first kappa shape index (κ1) is 20.7. The van der Waals surface area contributed by atoms with Crippen LogP contribution in [-0.4, -0.2) is 52.7 Å². The smallest absolute Gasteiger partial charge is 0.155 e. The molecule has 1 aliphatic heterocycles. The summed E-state index contributed by atoms with van der Waals surface area (Å²) in [7, 11) is 1.72. The Morgan fingerprint density at radius 1 is 1.12 bits per heavy atom. The van der Waals surface area contributed by atoms with Crippen molar-refractivity contribution < 1.29 is 9.47 Å². The summed E-state index contributed by atoms with van der Waals surface area (Å²) in [6.45, 7) is 4.35. The summed E-state index contributed by atoms with van der Waals surface area (Å²) in [4.78, 5) is 11.4.